The summed E-state index contributed by atoms with van der Waals surface area (Å²) in [6.45, 7) is 6.25. The third kappa shape index (κ3) is 2.54. The SMILES string of the molecule is CC(=O)C(c1nc(C2CCCO2)no1)C(C)C. The van der Waals surface area contributed by atoms with Crippen molar-refractivity contribution >= 4 is 5.78 Å². The molecule has 0 aliphatic carbocycles. The van der Waals surface area contributed by atoms with Crippen molar-refractivity contribution in [1.29, 1.82) is 0 Å². The molecule has 0 aromatic carbocycles. The molecule has 5 nitrogen and oxygen atoms in total. The van der Waals surface area contributed by atoms with Gasteiger partial charge in [0.1, 0.15) is 11.9 Å². The highest BCUT2D eigenvalue weighted by atomic mass is 16.5. The summed E-state index contributed by atoms with van der Waals surface area (Å²) in [6, 6.07) is 0. The third-order valence-corrected chi connectivity index (χ3v) is 3.05. The average molecular weight is 238 g/mol. The van der Waals surface area contributed by atoms with Crippen molar-refractivity contribution in [3.8, 4) is 0 Å². The second-order valence-corrected chi connectivity index (χ2v) is 4.82. The van der Waals surface area contributed by atoms with Gasteiger partial charge in [0.2, 0.25) is 11.7 Å². The topological polar surface area (TPSA) is 65.2 Å². The van der Waals surface area contributed by atoms with E-state index in [1.165, 1.54) is 0 Å². The van der Waals surface area contributed by atoms with Crippen LogP contribution in [0.5, 0.6) is 0 Å². The molecule has 1 fully saturated rings. The number of ketones is 1. The largest absolute Gasteiger partial charge is 0.370 e. The van der Waals surface area contributed by atoms with E-state index in [4.69, 9.17) is 9.26 Å². The quantitative estimate of drug-likeness (QED) is 0.804. The molecule has 0 saturated carbocycles. The molecule has 0 spiro atoms. The lowest BCUT2D eigenvalue weighted by Gasteiger charge is -2.12. The van der Waals surface area contributed by atoms with E-state index in [9.17, 15) is 4.79 Å². The highest BCUT2D eigenvalue weighted by molar-refractivity contribution is 5.82. The number of ether oxygens (including phenoxy) is 1. The molecule has 0 radical (unpaired) electrons. The van der Waals surface area contributed by atoms with Gasteiger partial charge in [-0.15, -0.1) is 0 Å². The molecule has 1 aromatic rings. The maximum absolute atomic E-state index is 11.6. The molecule has 1 saturated heterocycles. The van der Waals surface area contributed by atoms with Crippen LogP contribution < -0.4 is 0 Å². The monoisotopic (exact) mass is 238 g/mol. The summed E-state index contributed by atoms with van der Waals surface area (Å²) in [6.07, 6.45) is 1.88. The summed E-state index contributed by atoms with van der Waals surface area (Å²) in [5.41, 5.74) is 0. The number of nitrogens with zero attached hydrogens (tertiary/aromatic N) is 2. The first kappa shape index (κ1) is 12.2. The van der Waals surface area contributed by atoms with Crippen molar-refractivity contribution < 1.29 is 14.1 Å². The van der Waals surface area contributed by atoms with Crippen LogP contribution in [0.25, 0.3) is 0 Å². The molecule has 94 valence electrons. The van der Waals surface area contributed by atoms with E-state index in [0.29, 0.717) is 11.7 Å². The molecule has 1 aromatic heterocycles. The number of carbonyl (C=O) groups is 1. The van der Waals surface area contributed by atoms with Crippen LogP contribution >= 0.6 is 0 Å². The molecule has 0 N–H and O–H groups in total. The van der Waals surface area contributed by atoms with E-state index < -0.39 is 0 Å². The minimum absolute atomic E-state index is 0.0579. The summed E-state index contributed by atoms with van der Waals surface area (Å²) in [5, 5.41) is 3.92. The fourth-order valence-corrected chi connectivity index (χ4v) is 2.21. The fourth-order valence-electron chi connectivity index (χ4n) is 2.21. The first-order valence-corrected chi connectivity index (χ1v) is 6.05. The molecular formula is C12H18N2O3. The van der Waals surface area contributed by atoms with Gasteiger partial charge in [-0.1, -0.05) is 19.0 Å². The number of Topliss-reactive ketones (excluding diaryl/α,β-unsaturated/α-hetero) is 1. The van der Waals surface area contributed by atoms with E-state index in [0.717, 1.165) is 19.4 Å². The highest BCUT2D eigenvalue weighted by Gasteiger charge is 2.29. The van der Waals surface area contributed by atoms with Crippen LogP contribution in [0, 0.1) is 5.92 Å². The fraction of sp³-hybridized carbons (Fsp3) is 0.750. The molecule has 2 heterocycles. The van der Waals surface area contributed by atoms with E-state index in [1.54, 1.807) is 6.92 Å². The Morgan fingerprint density at radius 3 is 2.76 bits per heavy atom. The second-order valence-electron chi connectivity index (χ2n) is 4.82. The van der Waals surface area contributed by atoms with Crippen molar-refractivity contribution in [2.75, 3.05) is 6.61 Å². The molecule has 2 atom stereocenters. The lowest BCUT2D eigenvalue weighted by Crippen LogP contribution is -2.15. The van der Waals surface area contributed by atoms with Crippen molar-refractivity contribution in [2.45, 2.75) is 45.6 Å². The average Bonchev–Trinajstić information content (AvgIpc) is 2.83. The van der Waals surface area contributed by atoms with Gasteiger partial charge < -0.3 is 9.26 Å². The summed E-state index contributed by atoms with van der Waals surface area (Å²) >= 11 is 0. The zero-order chi connectivity index (χ0) is 12.4. The van der Waals surface area contributed by atoms with Gasteiger partial charge in [0.05, 0.1) is 5.92 Å². The number of aromatic nitrogens is 2. The number of hydrogen-bond acceptors (Lipinski definition) is 5. The standard InChI is InChI=1S/C12H18N2O3/c1-7(2)10(8(3)15)12-13-11(14-17-12)9-5-4-6-16-9/h7,9-10H,4-6H2,1-3H3. The predicted octanol–water partition coefficient (Wildman–Crippen LogP) is 2.25. The Morgan fingerprint density at radius 1 is 1.47 bits per heavy atom. The molecule has 2 unspecified atom stereocenters. The van der Waals surface area contributed by atoms with E-state index in [2.05, 4.69) is 10.1 Å². The molecule has 0 amide bonds. The number of hydrogen-bond donors (Lipinski definition) is 0. The van der Waals surface area contributed by atoms with Gasteiger partial charge in [-0.3, -0.25) is 4.79 Å². The van der Waals surface area contributed by atoms with Gasteiger partial charge in [0.15, 0.2) is 0 Å². The summed E-state index contributed by atoms with van der Waals surface area (Å²) < 4.78 is 10.7. The molecule has 17 heavy (non-hydrogen) atoms. The second kappa shape index (κ2) is 4.96. The zero-order valence-electron chi connectivity index (χ0n) is 10.5. The Kier molecular flexibility index (Phi) is 3.57. The van der Waals surface area contributed by atoms with Gasteiger partial charge >= 0.3 is 0 Å². The Labute approximate surface area is 101 Å². The first-order valence-electron chi connectivity index (χ1n) is 6.05. The third-order valence-electron chi connectivity index (χ3n) is 3.05. The van der Waals surface area contributed by atoms with Crippen LogP contribution in [-0.2, 0) is 9.53 Å². The van der Waals surface area contributed by atoms with Crippen LogP contribution in [-0.4, -0.2) is 22.5 Å². The predicted molar refractivity (Wildman–Crippen MR) is 60.5 cm³/mol. The van der Waals surface area contributed by atoms with E-state index in [1.807, 2.05) is 13.8 Å². The molecule has 1 aliphatic rings. The Morgan fingerprint density at radius 2 is 2.24 bits per heavy atom. The van der Waals surface area contributed by atoms with Gasteiger partial charge in [0.25, 0.3) is 0 Å². The molecule has 2 rings (SSSR count). The smallest absolute Gasteiger partial charge is 0.237 e. The lowest BCUT2D eigenvalue weighted by atomic mass is 9.92. The summed E-state index contributed by atoms with van der Waals surface area (Å²) in [4.78, 5) is 15.9. The molecule has 1 aliphatic heterocycles. The maximum atomic E-state index is 11.6. The van der Waals surface area contributed by atoms with Crippen LogP contribution in [0.2, 0.25) is 0 Å². The highest BCUT2D eigenvalue weighted by Crippen LogP contribution is 2.29. The van der Waals surface area contributed by atoms with Gasteiger partial charge in [0, 0.05) is 6.61 Å². The van der Waals surface area contributed by atoms with Crippen molar-refractivity contribution in [3.05, 3.63) is 11.7 Å². The number of carbonyl (C=O) groups excluding carboxylic acids is 1. The van der Waals surface area contributed by atoms with E-state index in [-0.39, 0.29) is 23.7 Å². The number of rotatable bonds is 4. The molecule has 0 bridgehead atoms. The zero-order valence-corrected chi connectivity index (χ0v) is 10.5. The minimum atomic E-state index is -0.308. The first-order chi connectivity index (χ1) is 8.09. The summed E-state index contributed by atoms with van der Waals surface area (Å²) in [5.74, 6) is 0.896. The van der Waals surface area contributed by atoms with Gasteiger partial charge in [-0.05, 0) is 25.7 Å². The Hall–Kier alpha value is -1.23. The van der Waals surface area contributed by atoms with Crippen LogP contribution in [0.15, 0.2) is 4.52 Å². The molecular weight excluding hydrogens is 220 g/mol. The summed E-state index contributed by atoms with van der Waals surface area (Å²) in [7, 11) is 0. The van der Waals surface area contributed by atoms with Gasteiger partial charge in [-0.2, -0.15) is 4.98 Å². The van der Waals surface area contributed by atoms with E-state index >= 15 is 0 Å². The van der Waals surface area contributed by atoms with Gasteiger partial charge in [-0.25, -0.2) is 0 Å². The molecule has 5 heteroatoms. The normalized spacial score (nSPS) is 22.0. The van der Waals surface area contributed by atoms with Crippen molar-refractivity contribution in [2.24, 2.45) is 5.92 Å². The Bertz CT molecular complexity index is 394. The van der Waals surface area contributed by atoms with Crippen LogP contribution in [0.3, 0.4) is 0 Å². The lowest BCUT2D eigenvalue weighted by molar-refractivity contribution is -0.119. The maximum Gasteiger partial charge on any atom is 0.237 e. The van der Waals surface area contributed by atoms with Crippen LogP contribution in [0.4, 0.5) is 0 Å². The minimum Gasteiger partial charge on any atom is -0.370 e. The van der Waals surface area contributed by atoms with Crippen molar-refractivity contribution in [3.63, 3.8) is 0 Å². The van der Waals surface area contributed by atoms with Crippen LogP contribution in [0.1, 0.15) is 57.3 Å². The van der Waals surface area contributed by atoms with Crippen molar-refractivity contribution in [1.82, 2.24) is 10.1 Å². The Balaban J connectivity index is 2.18.